The summed E-state index contributed by atoms with van der Waals surface area (Å²) in [5.41, 5.74) is 1.88. The van der Waals surface area contributed by atoms with Gasteiger partial charge in [0.15, 0.2) is 11.0 Å². The Morgan fingerprint density at radius 3 is 2.59 bits per heavy atom. The van der Waals surface area contributed by atoms with E-state index >= 15 is 0 Å². The zero-order valence-corrected chi connectivity index (χ0v) is 19.8. The van der Waals surface area contributed by atoms with Crippen LogP contribution in [0.5, 0.6) is 5.75 Å². The van der Waals surface area contributed by atoms with Crippen LogP contribution in [0.1, 0.15) is 24.4 Å². The number of methoxy groups -OCH3 is 1. The van der Waals surface area contributed by atoms with Gasteiger partial charge in [0.05, 0.1) is 13.2 Å². The fourth-order valence-electron chi connectivity index (χ4n) is 3.31. The van der Waals surface area contributed by atoms with Crippen molar-refractivity contribution in [1.82, 2.24) is 19.7 Å². The monoisotopic (exact) mass is 470 g/mol. The predicted molar refractivity (Wildman–Crippen MR) is 127 cm³/mol. The number of halogens is 1. The quantitative estimate of drug-likeness (QED) is 0.279. The van der Waals surface area contributed by atoms with Crippen LogP contribution in [-0.2, 0) is 5.75 Å². The van der Waals surface area contributed by atoms with Gasteiger partial charge in [0, 0.05) is 34.0 Å². The van der Waals surface area contributed by atoms with Crippen LogP contribution in [0.15, 0.2) is 62.9 Å². The standard InChI is InChI=1S/C23H23ClN4O3S/c1-14(27(2)3)22-25-26-23(28(22)17-7-5-16(24)6-8-17)32-13-15-11-21(29)31-20-12-18(30-4)9-10-19(15)20/h5-12,14H,13H2,1-4H3. The minimum Gasteiger partial charge on any atom is -0.497 e. The third kappa shape index (κ3) is 4.53. The van der Waals surface area contributed by atoms with Crippen molar-refractivity contribution in [2.45, 2.75) is 23.9 Å². The number of aromatic nitrogens is 3. The van der Waals surface area contributed by atoms with Crippen LogP contribution in [0, 0.1) is 0 Å². The molecule has 4 aromatic rings. The fraction of sp³-hybridized carbons (Fsp3) is 0.261. The normalized spacial score (nSPS) is 12.4. The molecule has 166 valence electrons. The van der Waals surface area contributed by atoms with E-state index in [1.807, 2.05) is 55.1 Å². The second-order valence-electron chi connectivity index (χ2n) is 7.53. The van der Waals surface area contributed by atoms with Crippen LogP contribution in [0.3, 0.4) is 0 Å². The lowest BCUT2D eigenvalue weighted by Crippen LogP contribution is -2.20. The molecule has 2 aromatic carbocycles. The summed E-state index contributed by atoms with van der Waals surface area (Å²) in [4.78, 5) is 14.2. The maximum Gasteiger partial charge on any atom is 0.336 e. The number of benzene rings is 2. The van der Waals surface area contributed by atoms with Crippen molar-refractivity contribution < 1.29 is 9.15 Å². The second-order valence-corrected chi connectivity index (χ2v) is 8.91. The lowest BCUT2D eigenvalue weighted by atomic mass is 10.1. The first kappa shape index (κ1) is 22.4. The number of nitrogens with zero attached hydrogens (tertiary/aromatic N) is 4. The summed E-state index contributed by atoms with van der Waals surface area (Å²) in [5, 5.41) is 11.2. The molecule has 0 radical (unpaired) electrons. The molecule has 1 atom stereocenters. The van der Waals surface area contributed by atoms with E-state index in [4.69, 9.17) is 20.8 Å². The minimum absolute atomic E-state index is 0.0459. The van der Waals surface area contributed by atoms with E-state index in [0.717, 1.165) is 27.6 Å². The van der Waals surface area contributed by atoms with E-state index in [2.05, 4.69) is 22.0 Å². The molecule has 9 heteroatoms. The molecule has 0 fully saturated rings. The molecule has 0 aliphatic rings. The van der Waals surface area contributed by atoms with Crippen LogP contribution >= 0.6 is 23.4 Å². The fourth-order valence-corrected chi connectivity index (χ4v) is 4.38. The largest absolute Gasteiger partial charge is 0.497 e. The van der Waals surface area contributed by atoms with Crippen LogP contribution < -0.4 is 10.4 Å². The first-order chi connectivity index (χ1) is 15.4. The van der Waals surface area contributed by atoms with Gasteiger partial charge in [-0.25, -0.2) is 4.79 Å². The molecule has 0 N–H and O–H groups in total. The summed E-state index contributed by atoms with van der Waals surface area (Å²) in [6, 6.07) is 14.6. The average Bonchev–Trinajstić information content (AvgIpc) is 3.20. The average molecular weight is 471 g/mol. The second kappa shape index (κ2) is 9.36. The Kier molecular flexibility index (Phi) is 6.55. The highest BCUT2D eigenvalue weighted by molar-refractivity contribution is 7.98. The first-order valence-electron chi connectivity index (χ1n) is 9.98. The smallest absolute Gasteiger partial charge is 0.336 e. The number of fused-ring (bicyclic) bond motifs is 1. The molecule has 1 unspecified atom stereocenters. The molecule has 2 heterocycles. The van der Waals surface area contributed by atoms with Crippen LogP contribution in [0.4, 0.5) is 0 Å². The number of thioether (sulfide) groups is 1. The van der Waals surface area contributed by atoms with Crippen molar-refractivity contribution in [3.63, 3.8) is 0 Å². The molecular formula is C23H23ClN4O3S. The highest BCUT2D eigenvalue weighted by atomic mass is 35.5. The molecule has 0 spiro atoms. The first-order valence-corrected chi connectivity index (χ1v) is 11.3. The number of rotatable bonds is 7. The van der Waals surface area contributed by atoms with Crippen molar-refractivity contribution >= 4 is 34.3 Å². The summed E-state index contributed by atoms with van der Waals surface area (Å²) in [7, 11) is 5.58. The molecule has 32 heavy (non-hydrogen) atoms. The molecule has 0 aliphatic heterocycles. The van der Waals surface area contributed by atoms with Gasteiger partial charge in [-0.3, -0.25) is 9.47 Å². The molecule has 4 rings (SSSR count). The Hall–Kier alpha value is -2.81. The van der Waals surface area contributed by atoms with E-state index in [1.54, 1.807) is 13.2 Å². The third-order valence-corrected chi connectivity index (χ3v) is 6.52. The van der Waals surface area contributed by atoms with Gasteiger partial charge in [0.2, 0.25) is 0 Å². The van der Waals surface area contributed by atoms with Gasteiger partial charge < -0.3 is 9.15 Å². The van der Waals surface area contributed by atoms with Crippen LogP contribution in [0.25, 0.3) is 16.7 Å². The molecule has 2 aromatic heterocycles. The van der Waals surface area contributed by atoms with Crippen LogP contribution in [-0.4, -0.2) is 40.9 Å². The van der Waals surface area contributed by atoms with Crippen molar-refractivity contribution in [3.8, 4) is 11.4 Å². The highest BCUT2D eigenvalue weighted by Crippen LogP contribution is 2.31. The number of hydrogen-bond acceptors (Lipinski definition) is 7. The zero-order valence-electron chi connectivity index (χ0n) is 18.2. The summed E-state index contributed by atoms with van der Waals surface area (Å²) in [6.07, 6.45) is 0. The summed E-state index contributed by atoms with van der Waals surface area (Å²) < 4.78 is 12.6. The van der Waals surface area contributed by atoms with Crippen molar-refractivity contribution in [2.75, 3.05) is 21.2 Å². The van der Waals surface area contributed by atoms with E-state index in [9.17, 15) is 4.79 Å². The Labute approximate surface area is 195 Å². The van der Waals surface area contributed by atoms with Gasteiger partial charge in [0.25, 0.3) is 0 Å². The van der Waals surface area contributed by atoms with E-state index < -0.39 is 5.63 Å². The maximum atomic E-state index is 12.1. The Morgan fingerprint density at radius 2 is 1.91 bits per heavy atom. The molecule has 0 amide bonds. The van der Waals surface area contributed by atoms with Gasteiger partial charge in [-0.15, -0.1) is 10.2 Å². The lowest BCUT2D eigenvalue weighted by Gasteiger charge is -2.20. The Balaban J connectivity index is 1.72. The molecule has 0 saturated carbocycles. The Bertz CT molecular complexity index is 1300. The summed E-state index contributed by atoms with van der Waals surface area (Å²) >= 11 is 7.61. The SMILES string of the molecule is COc1ccc2c(CSc3nnc(C(C)N(C)C)n3-c3ccc(Cl)cc3)cc(=O)oc2c1. The number of ether oxygens (including phenoxy) is 1. The molecule has 0 saturated heterocycles. The molecule has 7 nitrogen and oxygen atoms in total. The van der Waals surface area contributed by atoms with Crippen molar-refractivity contribution in [1.29, 1.82) is 0 Å². The summed E-state index contributed by atoms with van der Waals surface area (Å²) in [6.45, 7) is 2.08. The summed E-state index contributed by atoms with van der Waals surface area (Å²) in [5.74, 6) is 1.98. The minimum atomic E-state index is -0.401. The maximum absolute atomic E-state index is 12.1. The molecule has 0 aliphatic carbocycles. The van der Waals surface area contributed by atoms with Crippen molar-refractivity contribution in [2.24, 2.45) is 0 Å². The van der Waals surface area contributed by atoms with Gasteiger partial charge >= 0.3 is 5.63 Å². The van der Waals surface area contributed by atoms with Gasteiger partial charge in [-0.1, -0.05) is 23.4 Å². The van der Waals surface area contributed by atoms with Gasteiger partial charge in [0.1, 0.15) is 11.3 Å². The van der Waals surface area contributed by atoms with Gasteiger partial charge in [-0.2, -0.15) is 0 Å². The van der Waals surface area contributed by atoms with E-state index in [-0.39, 0.29) is 6.04 Å². The third-order valence-electron chi connectivity index (χ3n) is 5.29. The predicted octanol–water partition coefficient (Wildman–Crippen LogP) is 4.95. The topological polar surface area (TPSA) is 73.4 Å². The zero-order chi connectivity index (χ0) is 22.8. The highest BCUT2D eigenvalue weighted by Gasteiger charge is 2.21. The van der Waals surface area contributed by atoms with Crippen molar-refractivity contribution in [3.05, 3.63) is 75.4 Å². The van der Waals surface area contributed by atoms with Gasteiger partial charge in [-0.05, 0) is 63.0 Å². The molecule has 0 bridgehead atoms. The lowest BCUT2D eigenvalue weighted by molar-refractivity contribution is 0.305. The van der Waals surface area contributed by atoms with E-state index in [0.29, 0.717) is 22.1 Å². The molecular weight excluding hydrogens is 448 g/mol. The number of hydrogen-bond donors (Lipinski definition) is 0. The van der Waals surface area contributed by atoms with Crippen LogP contribution in [0.2, 0.25) is 5.02 Å². The van der Waals surface area contributed by atoms with E-state index in [1.165, 1.54) is 17.8 Å². The Morgan fingerprint density at radius 1 is 1.16 bits per heavy atom.